The quantitative estimate of drug-likeness (QED) is 0.822. The lowest BCUT2D eigenvalue weighted by atomic mass is 10.1. The molecule has 15 heavy (non-hydrogen) atoms. The molecule has 0 amide bonds. The number of nitrogens with zero attached hydrogens (tertiary/aromatic N) is 2. The van der Waals surface area contributed by atoms with Crippen molar-refractivity contribution in [3.8, 4) is 11.8 Å². The first-order valence-corrected chi connectivity index (χ1v) is 4.10. The topological polar surface area (TPSA) is 71.9 Å². The summed E-state index contributed by atoms with van der Waals surface area (Å²) < 4.78 is 30.0. The Balaban J connectivity index is 3.41. The van der Waals surface area contributed by atoms with Crippen LogP contribution in [0.15, 0.2) is 6.07 Å². The van der Waals surface area contributed by atoms with Gasteiger partial charge in [0.1, 0.15) is 17.5 Å². The number of rotatable bonds is 3. The Kier molecular flexibility index (Phi) is 3.52. The molecule has 0 radical (unpaired) electrons. The zero-order chi connectivity index (χ0) is 11.4. The molecular formula is C9H9F2N3O. The van der Waals surface area contributed by atoms with Crippen LogP contribution >= 0.6 is 0 Å². The molecule has 0 saturated carbocycles. The van der Waals surface area contributed by atoms with Crippen molar-refractivity contribution in [1.82, 2.24) is 4.98 Å². The number of nitrogens with two attached hydrogens (primary N) is 1. The van der Waals surface area contributed by atoms with Crippen LogP contribution in [0.2, 0.25) is 0 Å². The summed E-state index contributed by atoms with van der Waals surface area (Å²) in [5, 5.41) is 8.61. The van der Waals surface area contributed by atoms with Gasteiger partial charge in [0.25, 0.3) is 6.43 Å². The van der Waals surface area contributed by atoms with Crippen molar-refractivity contribution >= 4 is 0 Å². The highest BCUT2D eigenvalue weighted by Gasteiger charge is 2.20. The first kappa shape index (κ1) is 11.3. The van der Waals surface area contributed by atoms with Gasteiger partial charge in [-0.25, -0.2) is 13.8 Å². The Labute approximate surface area is 85.3 Å². The van der Waals surface area contributed by atoms with Gasteiger partial charge in [-0.1, -0.05) is 0 Å². The van der Waals surface area contributed by atoms with Gasteiger partial charge in [0.15, 0.2) is 0 Å². The predicted molar refractivity (Wildman–Crippen MR) is 48.4 cm³/mol. The summed E-state index contributed by atoms with van der Waals surface area (Å²) in [6.45, 7) is -0.161. The molecule has 80 valence electrons. The number of hydrogen-bond donors (Lipinski definition) is 1. The van der Waals surface area contributed by atoms with Gasteiger partial charge in [0.2, 0.25) is 0 Å². The summed E-state index contributed by atoms with van der Waals surface area (Å²) >= 11 is 0. The Hall–Kier alpha value is -1.74. The Morgan fingerprint density at radius 3 is 2.73 bits per heavy atom. The van der Waals surface area contributed by atoms with Crippen LogP contribution in [0.1, 0.15) is 23.4 Å². The van der Waals surface area contributed by atoms with Crippen molar-refractivity contribution in [2.75, 3.05) is 7.11 Å². The number of halogens is 2. The number of methoxy groups -OCH3 is 1. The zero-order valence-corrected chi connectivity index (χ0v) is 8.00. The average molecular weight is 213 g/mol. The molecule has 2 N–H and O–H groups in total. The molecule has 0 aromatic carbocycles. The first-order valence-electron chi connectivity index (χ1n) is 4.10. The van der Waals surface area contributed by atoms with E-state index in [2.05, 4.69) is 4.98 Å². The first-order chi connectivity index (χ1) is 7.13. The molecule has 1 rings (SSSR count). The van der Waals surface area contributed by atoms with Crippen LogP contribution in [0.4, 0.5) is 8.78 Å². The number of ether oxygens (including phenoxy) is 1. The van der Waals surface area contributed by atoms with E-state index in [1.54, 1.807) is 6.07 Å². The summed E-state index contributed by atoms with van der Waals surface area (Å²) in [7, 11) is 1.25. The molecule has 6 heteroatoms. The highest BCUT2D eigenvalue weighted by atomic mass is 19.3. The third kappa shape index (κ3) is 2.19. The number of aromatic nitrogens is 1. The van der Waals surface area contributed by atoms with E-state index in [9.17, 15) is 8.78 Å². The molecule has 0 bridgehead atoms. The van der Waals surface area contributed by atoms with Crippen molar-refractivity contribution in [2.45, 2.75) is 13.0 Å². The van der Waals surface area contributed by atoms with E-state index in [4.69, 9.17) is 15.7 Å². The normalized spacial score (nSPS) is 10.1. The fourth-order valence-electron chi connectivity index (χ4n) is 1.20. The molecule has 0 aliphatic carbocycles. The number of alkyl halides is 2. The summed E-state index contributed by atoms with van der Waals surface area (Å²) in [5.74, 6) is -0.0583. The van der Waals surface area contributed by atoms with Crippen molar-refractivity contribution in [1.29, 1.82) is 5.26 Å². The number of pyridine rings is 1. The van der Waals surface area contributed by atoms with Crippen molar-refractivity contribution < 1.29 is 13.5 Å². The van der Waals surface area contributed by atoms with Crippen molar-refractivity contribution in [3.05, 3.63) is 23.0 Å². The van der Waals surface area contributed by atoms with Gasteiger partial charge in [-0.3, -0.25) is 0 Å². The van der Waals surface area contributed by atoms with E-state index >= 15 is 0 Å². The van der Waals surface area contributed by atoms with Crippen LogP contribution in [0.3, 0.4) is 0 Å². The van der Waals surface area contributed by atoms with Gasteiger partial charge in [-0.15, -0.1) is 0 Å². The maximum absolute atomic E-state index is 12.6. The SMILES string of the molecule is COc1cc(C#N)nc(CN)c1C(F)F. The van der Waals surface area contributed by atoms with Gasteiger partial charge in [0.05, 0.1) is 18.4 Å². The second kappa shape index (κ2) is 4.66. The average Bonchev–Trinajstić information content (AvgIpc) is 2.26. The lowest BCUT2D eigenvalue weighted by Crippen LogP contribution is -2.08. The fourth-order valence-corrected chi connectivity index (χ4v) is 1.20. The summed E-state index contributed by atoms with van der Waals surface area (Å²) in [6.07, 6.45) is -2.72. The molecule has 4 nitrogen and oxygen atoms in total. The Morgan fingerprint density at radius 1 is 1.67 bits per heavy atom. The largest absolute Gasteiger partial charge is 0.496 e. The van der Waals surface area contributed by atoms with Crippen molar-refractivity contribution in [3.63, 3.8) is 0 Å². The van der Waals surface area contributed by atoms with Gasteiger partial charge in [0, 0.05) is 12.6 Å². The number of hydrogen-bond acceptors (Lipinski definition) is 4. The van der Waals surface area contributed by atoms with E-state index < -0.39 is 6.43 Å². The second-order valence-electron chi connectivity index (χ2n) is 2.69. The van der Waals surface area contributed by atoms with Crippen LogP contribution in [-0.4, -0.2) is 12.1 Å². The monoisotopic (exact) mass is 213 g/mol. The van der Waals surface area contributed by atoms with E-state index in [-0.39, 0.29) is 29.2 Å². The van der Waals surface area contributed by atoms with Gasteiger partial charge in [-0.2, -0.15) is 5.26 Å². The van der Waals surface area contributed by atoms with E-state index in [0.717, 1.165) is 0 Å². The molecule has 0 spiro atoms. The zero-order valence-electron chi connectivity index (χ0n) is 8.00. The lowest BCUT2D eigenvalue weighted by Gasteiger charge is -2.11. The van der Waals surface area contributed by atoms with E-state index in [1.807, 2.05) is 0 Å². The van der Waals surface area contributed by atoms with Crippen LogP contribution < -0.4 is 10.5 Å². The summed E-state index contributed by atoms with van der Waals surface area (Å²) in [6, 6.07) is 2.92. The summed E-state index contributed by atoms with van der Waals surface area (Å²) in [4.78, 5) is 3.69. The molecule has 1 aromatic heterocycles. The maximum Gasteiger partial charge on any atom is 0.269 e. The van der Waals surface area contributed by atoms with Crippen molar-refractivity contribution in [2.24, 2.45) is 5.73 Å². The third-order valence-electron chi connectivity index (χ3n) is 1.85. The van der Waals surface area contributed by atoms with Crippen LogP contribution in [0, 0.1) is 11.3 Å². The maximum atomic E-state index is 12.6. The van der Waals surface area contributed by atoms with E-state index in [1.165, 1.54) is 13.2 Å². The molecule has 0 fully saturated rings. The van der Waals surface area contributed by atoms with Crippen LogP contribution in [-0.2, 0) is 6.54 Å². The third-order valence-corrected chi connectivity index (χ3v) is 1.85. The fraction of sp³-hybridized carbons (Fsp3) is 0.333. The molecule has 0 atom stereocenters. The lowest BCUT2D eigenvalue weighted by molar-refractivity contribution is 0.145. The van der Waals surface area contributed by atoms with E-state index in [0.29, 0.717) is 0 Å². The smallest absolute Gasteiger partial charge is 0.269 e. The molecule has 1 heterocycles. The van der Waals surface area contributed by atoms with Crippen LogP contribution in [0.25, 0.3) is 0 Å². The Morgan fingerprint density at radius 2 is 2.33 bits per heavy atom. The van der Waals surface area contributed by atoms with Gasteiger partial charge in [-0.05, 0) is 0 Å². The number of nitriles is 1. The Bertz CT molecular complexity index is 376. The molecule has 0 aliphatic rings. The highest BCUT2D eigenvalue weighted by molar-refractivity contribution is 5.42. The standard InChI is InChI=1S/C9H9F2N3O/c1-15-7-2-5(3-12)14-6(4-13)8(7)9(10)11/h2,9H,4,13H2,1H3. The summed E-state index contributed by atoms with van der Waals surface area (Å²) in [5.41, 5.74) is 4.92. The molecule has 0 aliphatic heterocycles. The molecule has 0 saturated heterocycles. The molecule has 1 aromatic rings. The van der Waals surface area contributed by atoms with Gasteiger partial charge < -0.3 is 10.5 Å². The highest BCUT2D eigenvalue weighted by Crippen LogP contribution is 2.31. The van der Waals surface area contributed by atoms with Gasteiger partial charge >= 0.3 is 0 Å². The van der Waals surface area contributed by atoms with Crippen LogP contribution in [0.5, 0.6) is 5.75 Å². The minimum Gasteiger partial charge on any atom is -0.496 e. The second-order valence-corrected chi connectivity index (χ2v) is 2.69. The predicted octanol–water partition coefficient (Wildman–Crippen LogP) is 1.36. The minimum absolute atomic E-state index is 0.0108. The minimum atomic E-state index is -2.72. The molecule has 0 unspecified atom stereocenters. The molecular weight excluding hydrogens is 204 g/mol.